The van der Waals surface area contributed by atoms with Gasteiger partial charge in [-0.25, -0.2) is 4.39 Å². The fourth-order valence-corrected chi connectivity index (χ4v) is 7.03. The van der Waals surface area contributed by atoms with Gasteiger partial charge in [-0.2, -0.15) is 0 Å². The van der Waals surface area contributed by atoms with Gasteiger partial charge in [-0.05, 0) is 98.0 Å². The number of hydrogen-bond acceptors (Lipinski definition) is 6. The molecule has 1 saturated heterocycles. The number of nitrogens with zero attached hydrogens (tertiary/aromatic N) is 3. The number of rotatable bonds is 12. The Labute approximate surface area is 298 Å². The summed E-state index contributed by atoms with van der Waals surface area (Å²) in [5.41, 5.74) is 2.33. The van der Waals surface area contributed by atoms with Crippen molar-refractivity contribution in [3.05, 3.63) is 119 Å². The lowest BCUT2D eigenvalue weighted by Gasteiger charge is -2.39. The molecule has 8 nitrogen and oxygen atoms in total. The molecule has 0 radical (unpaired) electrons. The summed E-state index contributed by atoms with van der Waals surface area (Å²) in [4.78, 5) is 34.3. The van der Waals surface area contributed by atoms with Gasteiger partial charge >= 0.3 is 0 Å². The Hall–Kier alpha value is -4.44. The van der Waals surface area contributed by atoms with E-state index in [-0.39, 0.29) is 23.8 Å². The first-order valence-corrected chi connectivity index (χ1v) is 17.6. The molecule has 0 N–H and O–H groups in total. The molecule has 1 heterocycles. The summed E-state index contributed by atoms with van der Waals surface area (Å²) in [5, 5.41) is 0.543. The monoisotopic (exact) mass is 699 g/mol. The van der Waals surface area contributed by atoms with Crippen molar-refractivity contribution in [2.45, 2.75) is 31.7 Å². The average Bonchev–Trinajstić information content (AvgIpc) is 3.15. The molecule has 1 aliphatic heterocycles. The Bertz CT molecular complexity index is 1750. The summed E-state index contributed by atoms with van der Waals surface area (Å²) in [5.74, 6) is 0.579. The Balaban J connectivity index is 1.25. The third-order valence-corrected chi connectivity index (χ3v) is 9.66. The van der Waals surface area contributed by atoms with Gasteiger partial charge in [0.05, 0.1) is 20.3 Å². The lowest BCUT2D eigenvalue weighted by atomic mass is 9.83. The first kappa shape index (κ1) is 35.4. The quantitative estimate of drug-likeness (QED) is 0.151. The van der Waals surface area contributed by atoms with Crippen LogP contribution in [0.1, 0.15) is 46.4 Å². The van der Waals surface area contributed by atoms with Crippen molar-refractivity contribution < 1.29 is 28.2 Å². The number of morpholine rings is 1. The third-order valence-electron chi connectivity index (χ3n) is 9.43. The van der Waals surface area contributed by atoms with E-state index in [0.717, 1.165) is 57.8 Å². The van der Waals surface area contributed by atoms with Crippen LogP contribution < -0.4 is 19.3 Å². The Morgan fingerprint density at radius 1 is 0.860 bits per heavy atom. The number of methoxy groups -OCH3 is 1. The van der Waals surface area contributed by atoms with Crippen LogP contribution in [0.2, 0.25) is 5.02 Å². The molecule has 2 atom stereocenters. The van der Waals surface area contributed by atoms with E-state index in [4.69, 9.17) is 25.8 Å². The number of ether oxygens (including phenoxy) is 3. The molecule has 262 valence electrons. The van der Waals surface area contributed by atoms with Crippen LogP contribution in [0.15, 0.2) is 97.1 Å². The van der Waals surface area contributed by atoms with Crippen LogP contribution in [-0.4, -0.2) is 75.9 Å². The largest absolute Gasteiger partial charge is 0.497 e. The van der Waals surface area contributed by atoms with E-state index >= 15 is 0 Å². The maximum absolute atomic E-state index is 14.2. The Morgan fingerprint density at radius 2 is 1.60 bits per heavy atom. The minimum absolute atomic E-state index is 0.0730. The third kappa shape index (κ3) is 9.01. The van der Waals surface area contributed by atoms with E-state index in [2.05, 4.69) is 4.90 Å². The number of carbonyl (C=O) groups is 2. The predicted molar refractivity (Wildman–Crippen MR) is 194 cm³/mol. The summed E-state index contributed by atoms with van der Waals surface area (Å²) >= 11 is 6.44. The molecule has 0 aromatic heterocycles. The molecule has 6 rings (SSSR count). The minimum atomic E-state index is -0.402. The maximum Gasteiger partial charge on any atom is 0.258 e. The predicted octanol–water partition coefficient (Wildman–Crippen LogP) is 7.75. The molecule has 2 unspecified atom stereocenters. The maximum atomic E-state index is 14.2. The molecule has 4 aromatic rings. The number of hydrogen-bond donors (Lipinski definition) is 0. The number of anilines is 2. The van der Waals surface area contributed by atoms with Gasteiger partial charge in [0.25, 0.3) is 11.8 Å². The number of benzene rings is 4. The summed E-state index contributed by atoms with van der Waals surface area (Å²) in [6, 6.07) is 27.6. The number of amides is 2. The van der Waals surface area contributed by atoms with Crippen LogP contribution in [-0.2, 0) is 4.74 Å². The van der Waals surface area contributed by atoms with E-state index in [1.54, 1.807) is 30.2 Å². The molecule has 1 aliphatic carbocycles. The summed E-state index contributed by atoms with van der Waals surface area (Å²) < 4.78 is 30.9. The van der Waals surface area contributed by atoms with Gasteiger partial charge in [-0.1, -0.05) is 36.2 Å². The minimum Gasteiger partial charge on any atom is -0.497 e. The van der Waals surface area contributed by atoms with Crippen molar-refractivity contribution >= 4 is 34.8 Å². The van der Waals surface area contributed by atoms with Crippen LogP contribution in [0.4, 0.5) is 15.8 Å². The van der Waals surface area contributed by atoms with Crippen LogP contribution in [0.3, 0.4) is 0 Å². The summed E-state index contributed by atoms with van der Waals surface area (Å²) in [6.45, 7) is 4.93. The molecule has 2 aliphatic rings. The first-order valence-electron chi connectivity index (χ1n) is 17.2. The second kappa shape index (κ2) is 17.0. The normalized spacial score (nSPS) is 17.9. The van der Waals surface area contributed by atoms with Gasteiger partial charge in [0.1, 0.15) is 23.9 Å². The van der Waals surface area contributed by atoms with Crippen LogP contribution in [0.5, 0.6) is 11.5 Å². The molecule has 10 heteroatoms. The van der Waals surface area contributed by atoms with Gasteiger partial charge in [-0.3, -0.25) is 14.5 Å². The average molecular weight is 700 g/mol. The highest BCUT2D eigenvalue weighted by atomic mass is 35.5. The molecule has 4 aromatic carbocycles. The second-order valence-electron chi connectivity index (χ2n) is 12.8. The van der Waals surface area contributed by atoms with Gasteiger partial charge in [0, 0.05) is 65.8 Å². The van der Waals surface area contributed by atoms with E-state index in [1.165, 1.54) is 24.3 Å². The van der Waals surface area contributed by atoms with E-state index < -0.39 is 5.82 Å². The molecule has 2 amide bonds. The molecular formula is C40H43ClFN3O5. The standard InChI is InChI=1S/C40H43ClFN3O5/c1-48-37-12-3-7-31(25-37)40(47)45(36-11-4-8-32(41)26-36)35-10-2-6-29(24-35)28-44(39(46)30-14-16-33(42)17-15-30)34-9-5-13-38(27-34)50-23-20-43-18-21-49-22-19-43/h3-5,7-9,11-17,25-27,29,35H,2,6,10,18-24,28H2,1H3. The molecular weight excluding hydrogens is 657 g/mol. The van der Waals surface area contributed by atoms with Crippen LogP contribution >= 0.6 is 11.6 Å². The highest BCUT2D eigenvalue weighted by molar-refractivity contribution is 6.31. The smallest absolute Gasteiger partial charge is 0.258 e. The second-order valence-corrected chi connectivity index (χ2v) is 13.2. The van der Waals surface area contributed by atoms with Crippen molar-refractivity contribution in [2.75, 3.05) is 62.9 Å². The van der Waals surface area contributed by atoms with Crippen LogP contribution in [0.25, 0.3) is 0 Å². The van der Waals surface area contributed by atoms with Gasteiger partial charge in [-0.15, -0.1) is 0 Å². The van der Waals surface area contributed by atoms with Gasteiger partial charge in [0.15, 0.2) is 0 Å². The topological polar surface area (TPSA) is 71.5 Å². The SMILES string of the molecule is COc1cccc(C(=O)N(c2cccc(Cl)c2)C2CCCC(CN(C(=O)c3ccc(F)cc3)c3cccc(OCCN4CCOCC4)c3)C2)c1. The van der Waals surface area contributed by atoms with Crippen molar-refractivity contribution in [2.24, 2.45) is 5.92 Å². The highest BCUT2D eigenvalue weighted by Crippen LogP contribution is 2.35. The van der Waals surface area contributed by atoms with Crippen molar-refractivity contribution in [3.8, 4) is 11.5 Å². The summed E-state index contributed by atoms with van der Waals surface area (Å²) in [6.07, 6.45) is 3.24. The fraction of sp³-hybridized carbons (Fsp3) is 0.350. The first-order chi connectivity index (χ1) is 24.4. The van der Waals surface area contributed by atoms with E-state index in [1.807, 2.05) is 59.5 Å². The molecule has 0 bridgehead atoms. The zero-order valence-corrected chi connectivity index (χ0v) is 29.1. The summed E-state index contributed by atoms with van der Waals surface area (Å²) in [7, 11) is 1.58. The van der Waals surface area contributed by atoms with Crippen molar-refractivity contribution in [1.82, 2.24) is 4.90 Å². The van der Waals surface area contributed by atoms with Crippen molar-refractivity contribution in [1.29, 1.82) is 0 Å². The van der Waals surface area contributed by atoms with Gasteiger partial charge in [0.2, 0.25) is 0 Å². The molecule has 0 spiro atoms. The fourth-order valence-electron chi connectivity index (χ4n) is 6.85. The molecule has 50 heavy (non-hydrogen) atoms. The molecule has 2 fully saturated rings. The lowest BCUT2D eigenvalue weighted by molar-refractivity contribution is 0.0322. The van der Waals surface area contributed by atoms with Gasteiger partial charge < -0.3 is 24.0 Å². The van der Waals surface area contributed by atoms with E-state index in [0.29, 0.717) is 52.9 Å². The molecule has 1 saturated carbocycles. The highest BCUT2D eigenvalue weighted by Gasteiger charge is 2.34. The van der Waals surface area contributed by atoms with E-state index in [9.17, 15) is 14.0 Å². The zero-order chi connectivity index (χ0) is 34.9. The zero-order valence-electron chi connectivity index (χ0n) is 28.3. The Morgan fingerprint density at radius 3 is 2.38 bits per heavy atom. The Kier molecular flexibility index (Phi) is 12.0. The lowest BCUT2D eigenvalue weighted by Crippen LogP contribution is -2.45. The number of carbonyl (C=O) groups excluding carboxylic acids is 2. The van der Waals surface area contributed by atoms with Crippen molar-refractivity contribution in [3.63, 3.8) is 0 Å². The number of halogens is 2. The van der Waals surface area contributed by atoms with Crippen LogP contribution in [0, 0.1) is 11.7 Å².